The van der Waals surface area contributed by atoms with Gasteiger partial charge in [-0.1, -0.05) is 0 Å². The first-order valence-electron chi connectivity index (χ1n) is 10.4. The van der Waals surface area contributed by atoms with Crippen molar-refractivity contribution in [3.05, 3.63) is 58.4 Å². The van der Waals surface area contributed by atoms with Crippen LogP contribution in [0.2, 0.25) is 0 Å². The summed E-state index contributed by atoms with van der Waals surface area (Å²) < 4.78 is 74.5. The van der Waals surface area contributed by atoms with Crippen LogP contribution in [0, 0.1) is 16.0 Å². The molecule has 1 saturated heterocycles. The molecule has 0 amide bonds. The second-order valence-corrected chi connectivity index (χ2v) is 9.97. The summed E-state index contributed by atoms with van der Waals surface area (Å²) in [4.78, 5) is 13.8. The van der Waals surface area contributed by atoms with Crippen LogP contribution in [0.15, 0.2) is 47.4 Å². The first kappa shape index (κ1) is 24.0. The maximum atomic E-state index is 13.7. The molecular formula is C21H21F3N4O5S. The number of non-ortho nitro benzene ring substituents is 1. The maximum Gasteiger partial charge on any atom is 0.449 e. The second-order valence-electron chi connectivity index (χ2n) is 8.00. The summed E-state index contributed by atoms with van der Waals surface area (Å²) in [6.07, 6.45) is -3.39. The number of nitro benzene ring substituents is 1. The Morgan fingerprint density at radius 2 is 1.82 bits per heavy atom. The number of fused-ring (bicyclic) bond motifs is 1. The van der Waals surface area contributed by atoms with Crippen LogP contribution >= 0.6 is 0 Å². The molecule has 0 spiro atoms. The highest BCUT2D eigenvalue weighted by atomic mass is 32.2. The average Bonchev–Trinajstić information content (AvgIpc) is 3.17. The molecule has 34 heavy (non-hydrogen) atoms. The van der Waals surface area contributed by atoms with E-state index in [0.717, 1.165) is 33.1 Å². The van der Waals surface area contributed by atoms with Gasteiger partial charge in [-0.25, -0.2) is 13.4 Å². The molecule has 1 aliphatic heterocycles. The lowest BCUT2D eigenvalue weighted by Crippen LogP contribution is -2.26. The number of ether oxygens (including phenoxy) is 1. The minimum absolute atomic E-state index is 0.0112. The van der Waals surface area contributed by atoms with Gasteiger partial charge in [0, 0.05) is 38.9 Å². The summed E-state index contributed by atoms with van der Waals surface area (Å²) in [7, 11) is -2.87. The summed E-state index contributed by atoms with van der Waals surface area (Å²) in [5.41, 5.74) is 0.111. The van der Waals surface area contributed by atoms with Crippen LogP contribution in [0.3, 0.4) is 0 Å². The molecule has 2 heterocycles. The summed E-state index contributed by atoms with van der Waals surface area (Å²) in [6, 6.07) is 8.46. The Morgan fingerprint density at radius 3 is 2.41 bits per heavy atom. The number of anilines is 1. The topological polar surface area (TPSA) is 108 Å². The molecule has 0 radical (unpaired) electrons. The highest BCUT2D eigenvalue weighted by molar-refractivity contribution is 7.92. The van der Waals surface area contributed by atoms with E-state index in [0.29, 0.717) is 26.1 Å². The van der Waals surface area contributed by atoms with Crippen molar-refractivity contribution in [2.45, 2.75) is 30.5 Å². The lowest BCUT2D eigenvalue weighted by molar-refractivity contribution is -0.384. The van der Waals surface area contributed by atoms with Gasteiger partial charge in [0.2, 0.25) is 5.82 Å². The van der Waals surface area contributed by atoms with Gasteiger partial charge in [-0.3, -0.25) is 14.4 Å². The van der Waals surface area contributed by atoms with Crippen molar-refractivity contribution in [2.75, 3.05) is 24.6 Å². The third-order valence-corrected chi connectivity index (χ3v) is 7.64. The molecule has 2 aromatic carbocycles. The van der Waals surface area contributed by atoms with Crippen molar-refractivity contribution < 1.29 is 31.2 Å². The minimum Gasteiger partial charge on any atom is -0.381 e. The Morgan fingerprint density at radius 1 is 1.18 bits per heavy atom. The van der Waals surface area contributed by atoms with Crippen molar-refractivity contribution in [2.24, 2.45) is 5.92 Å². The van der Waals surface area contributed by atoms with Crippen molar-refractivity contribution in [1.82, 2.24) is 9.55 Å². The number of imidazole rings is 1. The fourth-order valence-electron chi connectivity index (χ4n) is 3.94. The minimum atomic E-state index is -4.68. The number of rotatable bonds is 6. The standard InChI is InChI=1S/C21H21F3N4O5S/c1-26(34(31,32)17-5-2-15(3-6-17)28(29)30)16-4-7-19-18(12-16)25-20(21(22,23)24)27(19)13-14-8-10-33-11-9-14/h2-7,12,14H,8-11,13H2,1H3. The molecule has 1 fully saturated rings. The van der Waals surface area contributed by atoms with Crippen LogP contribution in [0.25, 0.3) is 11.0 Å². The van der Waals surface area contributed by atoms with Crippen LogP contribution in [0.5, 0.6) is 0 Å². The number of benzene rings is 2. The molecule has 1 aliphatic rings. The largest absolute Gasteiger partial charge is 0.449 e. The van der Waals surface area contributed by atoms with E-state index in [1.807, 2.05) is 0 Å². The smallest absolute Gasteiger partial charge is 0.381 e. The first-order valence-corrected chi connectivity index (χ1v) is 11.8. The predicted octanol–water partition coefficient (Wildman–Crippen LogP) is 4.22. The van der Waals surface area contributed by atoms with Crippen LogP contribution in [0.1, 0.15) is 18.7 Å². The number of alkyl halides is 3. The number of nitrogens with zero attached hydrogens (tertiary/aromatic N) is 4. The molecule has 182 valence electrons. The Hall–Kier alpha value is -3.19. The van der Waals surface area contributed by atoms with Crippen molar-refractivity contribution >= 4 is 32.4 Å². The van der Waals surface area contributed by atoms with E-state index < -0.39 is 26.9 Å². The number of halogens is 3. The number of aromatic nitrogens is 2. The van der Waals surface area contributed by atoms with Gasteiger partial charge in [-0.2, -0.15) is 13.2 Å². The fourth-order valence-corrected chi connectivity index (χ4v) is 5.13. The molecule has 9 nitrogen and oxygen atoms in total. The Labute approximate surface area is 193 Å². The van der Waals surface area contributed by atoms with Gasteiger partial charge < -0.3 is 9.30 Å². The van der Waals surface area contributed by atoms with E-state index in [1.165, 1.54) is 25.2 Å². The molecule has 13 heteroatoms. The lowest BCUT2D eigenvalue weighted by Gasteiger charge is -2.24. The van der Waals surface area contributed by atoms with E-state index in [9.17, 15) is 31.7 Å². The van der Waals surface area contributed by atoms with E-state index in [1.54, 1.807) is 0 Å². The molecule has 3 aromatic rings. The molecule has 0 aliphatic carbocycles. The average molecular weight is 498 g/mol. The van der Waals surface area contributed by atoms with Crippen molar-refractivity contribution in [3.8, 4) is 0 Å². The molecule has 0 N–H and O–H groups in total. The Balaban J connectivity index is 1.70. The molecule has 0 unspecified atom stereocenters. The highest BCUT2D eigenvalue weighted by Crippen LogP contribution is 2.35. The Kier molecular flexibility index (Phi) is 6.25. The van der Waals surface area contributed by atoms with Crippen molar-refractivity contribution in [1.29, 1.82) is 0 Å². The SMILES string of the molecule is CN(c1ccc2c(c1)nc(C(F)(F)F)n2CC1CCOCC1)S(=O)(=O)c1ccc([N+](=O)[O-])cc1. The lowest BCUT2D eigenvalue weighted by atomic mass is 10.0. The number of sulfonamides is 1. The van der Waals surface area contributed by atoms with Crippen LogP contribution < -0.4 is 4.31 Å². The molecule has 1 aromatic heterocycles. The molecular weight excluding hydrogens is 477 g/mol. The molecule has 0 atom stereocenters. The number of hydrogen-bond acceptors (Lipinski definition) is 6. The van der Waals surface area contributed by atoms with Gasteiger partial charge in [-0.15, -0.1) is 0 Å². The van der Waals surface area contributed by atoms with E-state index in [4.69, 9.17) is 4.74 Å². The zero-order valence-corrected chi connectivity index (χ0v) is 18.8. The van der Waals surface area contributed by atoms with Crippen LogP contribution in [-0.2, 0) is 27.5 Å². The third-order valence-electron chi connectivity index (χ3n) is 5.84. The second kappa shape index (κ2) is 8.87. The highest BCUT2D eigenvalue weighted by Gasteiger charge is 2.38. The van der Waals surface area contributed by atoms with E-state index >= 15 is 0 Å². The zero-order chi connectivity index (χ0) is 24.7. The van der Waals surface area contributed by atoms with Crippen LogP contribution in [-0.4, -0.2) is 43.2 Å². The molecule has 4 rings (SSSR count). The van der Waals surface area contributed by atoms with Gasteiger partial charge in [0.25, 0.3) is 15.7 Å². The monoisotopic (exact) mass is 498 g/mol. The summed E-state index contributed by atoms with van der Waals surface area (Å²) in [5, 5.41) is 10.8. The van der Waals surface area contributed by atoms with Gasteiger partial charge in [0.1, 0.15) is 0 Å². The maximum absolute atomic E-state index is 13.7. The van der Waals surface area contributed by atoms with Crippen molar-refractivity contribution in [3.63, 3.8) is 0 Å². The van der Waals surface area contributed by atoms with Gasteiger partial charge in [0.05, 0.1) is 26.5 Å². The van der Waals surface area contributed by atoms with Crippen LogP contribution in [0.4, 0.5) is 24.5 Å². The van der Waals surface area contributed by atoms with E-state index in [-0.39, 0.29) is 39.8 Å². The fraction of sp³-hybridized carbons (Fsp3) is 0.381. The third kappa shape index (κ3) is 4.57. The number of nitro groups is 1. The summed E-state index contributed by atoms with van der Waals surface area (Å²) in [6.45, 7) is 1.12. The normalized spacial score (nSPS) is 15.5. The number of hydrogen-bond donors (Lipinski definition) is 0. The predicted molar refractivity (Wildman–Crippen MR) is 117 cm³/mol. The summed E-state index contributed by atoms with van der Waals surface area (Å²) in [5.74, 6) is -1.02. The van der Waals surface area contributed by atoms with Gasteiger partial charge >= 0.3 is 6.18 Å². The van der Waals surface area contributed by atoms with Gasteiger partial charge in [0.15, 0.2) is 0 Å². The quantitative estimate of drug-likeness (QED) is 0.372. The summed E-state index contributed by atoms with van der Waals surface area (Å²) >= 11 is 0. The van der Waals surface area contributed by atoms with E-state index in [2.05, 4.69) is 4.98 Å². The zero-order valence-electron chi connectivity index (χ0n) is 18.0. The molecule has 0 bridgehead atoms. The first-order chi connectivity index (χ1) is 16.0. The Bertz CT molecular complexity index is 1320. The van der Waals surface area contributed by atoms with Gasteiger partial charge in [-0.05, 0) is 49.1 Å². The molecule has 0 saturated carbocycles.